The van der Waals surface area contributed by atoms with Gasteiger partial charge >= 0.3 is 0 Å². The third-order valence-corrected chi connectivity index (χ3v) is 3.62. The van der Waals surface area contributed by atoms with Crippen LogP contribution in [0.3, 0.4) is 0 Å². The Hall–Kier alpha value is -0.610. The molecule has 1 aliphatic rings. The fraction of sp³-hybridized carbons (Fsp3) is 0.929. The maximum Gasteiger partial charge on any atom is 0.240 e. The lowest BCUT2D eigenvalue weighted by molar-refractivity contribution is -0.131. The first-order valence-electron chi connectivity index (χ1n) is 6.84. The molecule has 0 spiro atoms. The molecule has 2 atom stereocenters. The van der Waals surface area contributed by atoms with E-state index >= 15 is 0 Å². The largest absolute Gasteiger partial charge is 0.385 e. The highest BCUT2D eigenvalue weighted by Gasteiger charge is 2.40. The number of methoxy groups -OCH3 is 1. The minimum absolute atomic E-state index is 0.0596. The van der Waals surface area contributed by atoms with Crippen LogP contribution in [0.5, 0.6) is 0 Å². The van der Waals surface area contributed by atoms with E-state index < -0.39 is 0 Å². The summed E-state index contributed by atoms with van der Waals surface area (Å²) in [5.41, 5.74) is 0.0878. The molecule has 0 aromatic rings. The zero-order valence-corrected chi connectivity index (χ0v) is 12.6. The Morgan fingerprint density at radius 2 is 2.06 bits per heavy atom. The van der Waals surface area contributed by atoms with Gasteiger partial charge in [-0.15, -0.1) is 0 Å². The van der Waals surface area contributed by atoms with Crippen LogP contribution in [0.25, 0.3) is 0 Å². The molecule has 1 amide bonds. The molecule has 0 radical (unpaired) electrons. The average Bonchev–Trinajstić information content (AvgIpc) is 2.54. The summed E-state index contributed by atoms with van der Waals surface area (Å²) in [6.45, 7) is 12.2. The molecule has 0 aromatic heterocycles. The number of hydrogen-bond donors (Lipinski definition) is 1. The molecule has 2 unspecified atom stereocenters. The summed E-state index contributed by atoms with van der Waals surface area (Å²) in [6.07, 6.45) is 1.13. The van der Waals surface area contributed by atoms with Crippen molar-refractivity contribution in [1.82, 2.24) is 10.2 Å². The maximum atomic E-state index is 12.2. The summed E-state index contributed by atoms with van der Waals surface area (Å²) in [6, 6.07) is -0.0596. The topological polar surface area (TPSA) is 41.6 Å². The van der Waals surface area contributed by atoms with Gasteiger partial charge in [0.05, 0.1) is 12.2 Å². The average molecular weight is 256 g/mol. The van der Waals surface area contributed by atoms with Crippen LogP contribution in [0.2, 0.25) is 0 Å². The van der Waals surface area contributed by atoms with Crippen LogP contribution in [-0.4, -0.2) is 43.3 Å². The van der Waals surface area contributed by atoms with E-state index in [2.05, 4.69) is 33.0 Å². The van der Waals surface area contributed by atoms with E-state index in [1.165, 1.54) is 0 Å². The van der Waals surface area contributed by atoms with Crippen LogP contribution in [0.15, 0.2) is 0 Å². The molecule has 106 valence electrons. The van der Waals surface area contributed by atoms with E-state index in [1.807, 2.05) is 11.8 Å². The predicted molar refractivity (Wildman–Crippen MR) is 73.2 cm³/mol. The molecule has 1 saturated heterocycles. The molecule has 4 nitrogen and oxygen atoms in total. The van der Waals surface area contributed by atoms with E-state index in [9.17, 15) is 4.79 Å². The Labute approximate surface area is 111 Å². The van der Waals surface area contributed by atoms with Gasteiger partial charge in [-0.25, -0.2) is 0 Å². The Balaban J connectivity index is 2.70. The summed E-state index contributed by atoms with van der Waals surface area (Å²) in [7, 11) is 1.72. The van der Waals surface area contributed by atoms with Gasteiger partial charge in [-0.1, -0.05) is 27.7 Å². The van der Waals surface area contributed by atoms with Gasteiger partial charge in [-0.2, -0.15) is 0 Å². The van der Waals surface area contributed by atoms with Crippen molar-refractivity contribution in [3.63, 3.8) is 0 Å². The fourth-order valence-electron chi connectivity index (χ4n) is 2.45. The van der Waals surface area contributed by atoms with Crippen LogP contribution in [0.4, 0.5) is 0 Å². The smallest absolute Gasteiger partial charge is 0.240 e. The van der Waals surface area contributed by atoms with Gasteiger partial charge < -0.3 is 9.64 Å². The molecule has 18 heavy (non-hydrogen) atoms. The Bertz CT molecular complexity index is 290. The summed E-state index contributed by atoms with van der Waals surface area (Å²) in [4.78, 5) is 14.2. The van der Waals surface area contributed by atoms with E-state index in [0.717, 1.165) is 19.6 Å². The summed E-state index contributed by atoms with van der Waals surface area (Å²) < 4.78 is 5.15. The van der Waals surface area contributed by atoms with Gasteiger partial charge in [0.2, 0.25) is 5.91 Å². The lowest BCUT2D eigenvalue weighted by Gasteiger charge is -2.35. The van der Waals surface area contributed by atoms with Gasteiger partial charge in [-0.3, -0.25) is 10.1 Å². The Morgan fingerprint density at radius 1 is 1.44 bits per heavy atom. The molecule has 0 aromatic carbocycles. The molecule has 0 saturated carbocycles. The first-order valence-corrected chi connectivity index (χ1v) is 6.84. The van der Waals surface area contributed by atoms with Crippen molar-refractivity contribution in [2.45, 2.75) is 53.2 Å². The quantitative estimate of drug-likeness (QED) is 0.788. The van der Waals surface area contributed by atoms with Crippen molar-refractivity contribution in [2.75, 3.05) is 20.3 Å². The van der Waals surface area contributed by atoms with Crippen LogP contribution in [0, 0.1) is 11.3 Å². The van der Waals surface area contributed by atoms with Gasteiger partial charge in [0.25, 0.3) is 0 Å². The molecule has 0 aliphatic carbocycles. The van der Waals surface area contributed by atoms with Crippen LogP contribution in [0.1, 0.15) is 41.0 Å². The van der Waals surface area contributed by atoms with E-state index in [-0.39, 0.29) is 23.5 Å². The highest BCUT2D eigenvalue weighted by Crippen LogP contribution is 2.27. The molecule has 1 N–H and O–H groups in total. The third kappa shape index (κ3) is 3.69. The number of hydrogen-bond acceptors (Lipinski definition) is 3. The molecule has 1 rings (SSSR count). The van der Waals surface area contributed by atoms with Crippen LogP contribution in [-0.2, 0) is 9.53 Å². The Morgan fingerprint density at radius 3 is 2.56 bits per heavy atom. The van der Waals surface area contributed by atoms with Crippen molar-refractivity contribution < 1.29 is 9.53 Å². The van der Waals surface area contributed by atoms with Crippen molar-refractivity contribution in [2.24, 2.45) is 11.3 Å². The number of nitrogens with one attached hydrogen (secondary N) is 1. The van der Waals surface area contributed by atoms with E-state index in [0.29, 0.717) is 5.92 Å². The predicted octanol–water partition coefficient (Wildman–Crippen LogP) is 1.85. The fourth-order valence-corrected chi connectivity index (χ4v) is 2.45. The summed E-state index contributed by atoms with van der Waals surface area (Å²) in [5, 5.41) is 3.38. The van der Waals surface area contributed by atoms with Gasteiger partial charge in [0.1, 0.15) is 0 Å². The normalized spacial score (nSPS) is 25.3. The monoisotopic (exact) mass is 256 g/mol. The summed E-state index contributed by atoms with van der Waals surface area (Å²) >= 11 is 0. The Kier molecular flexibility index (Phi) is 5.17. The molecule has 1 fully saturated rings. The zero-order valence-electron chi connectivity index (χ0n) is 12.6. The maximum absolute atomic E-state index is 12.2. The second kappa shape index (κ2) is 6.02. The van der Waals surface area contributed by atoms with Crippen LogP contribution < -0.4 is 5.32 Å². The number of carbonyl (C=O) groups is 1. The van der Waals surface area contributed by atoms with E-state index in [4.69, 9.17) is 4.74 Å². The van der Waals surface area contributed by atoms with Crippen LogP contribution >= 0.6 is 0 Å². The molecule has 0 bridgehead atoms. The number of nitrogens with zero attached hydrogens (tertiary/aromatic N) is 1. The number of carbonyl (C=O) groups excluding carboxylic acids is 1. The number of amides is 1. The van der Waals surface area contributed by atoms with Crippen molar-refractivity contribution >= 4 is 5.91 Å². The van der Waals surface area contributed by atoms with Gasteiger partial charge in [-0.05, 0) is 24.7 Å². The number of rotatable bonds is 6. The second-order valence-corrected chi connectivity index (χ2v) is 6.45. The van der Waals surface area contributed by atoms with E-state index in [1.54, 1.807) is 7.11 Å². The first-order chi connectivity index (χ1) is 8.28. The SMILES string of the molecule is COCCC(C)(C)CN1C(=O)C(C)NC1C(C)C. The molecule has 1 heterocycles. The van der Waals surface area contributed by atoms with Crippen molar-refractivity contribution in [3.05, 3.63) is 0 Å². The molecular weight excluding hydrogens is 228 g/mol. The van der Waals surface area contributed by atoms with Crippen molar-refractivity contribution in [1.29, 1.82) is 0 Å². The highest BCUT2D eigenvalue weighted by atomic mass is 16.5. The highest BCUT2D eigenvalue weighted by molar-refractivity contribution is 5.84. The minimum Gasteiger partial charge on any atom is -0.385 e. The minimum atomic E-state index is -0.0596. The van der Waals surface area contributed by atoms with Gasteiger partial charge in [0.15, 0.2) is 0 Å². The lowest BCUT2D eigenvalue weighted by Crippen LogP contribution is -2.46. The van der Waals surface area contributed by atoms with Gasteiger partial charge in [0, 0.05) is 20.3 Å². The standard InChI is InChI=1S/C14H28N2O2/c1-10(2)12-15-11(3)13(17)16(12)9-14(4,5)7-8-18-6/h10-12,15H,7-9H2,1-6H3. The molecule has 1 aliphatic heterocycles. The second-order valence-electron chi connectivity index (χ2n) is 6.45. The lowest BCUT2D eigenvalue weighted by atomic mass is 9.88. The zero-order chi connectivity index (χ0) is 13.9. The first kappa shape index (κ1) is 15.4. The number of ether oxygens (including phenoxy) is 1. The summed E-state index contributed by atoms with van der Waals surface area (Å²) in [5.74, 6) is 0.649. The molecule has 4 heteroatoms. The third-order valence-electron chi connectivity index (χ3n) is 3.62. The molecular formula is C14H28N2O2. The van der Waals surface area contributed by atoms with Crippen molar-refractivity contribution in [3.8, 4) is 0 Å².